The summed E-state index contributed by atoms with van der Waals surface area (Å²) >= 11 is 0. The molecule has 3 nitrogen and oxygen atoms in total. The van der Waals surface area contributed by atoms with Crippen LogP contribution in [0, 0.1) is 16.7 Å². The van der Waals surface area contributed by atoms with Crippen LogP contribution in [0.5, 0.6) is 0 Å². The third-order valence-corrected chi connectivity index (χ3v) is 6.98. The lowest BCUT2D eigenvalue weighted by Crippen LogP contribution is -2.44. The monoisotopic (exact) mass is 483 g/mol. The van der Waals surface area contributed by atoms with Gasteiger partial charge in [0, 0.05) is 18.5 Å². The molecule has 1 aromatic carbocycles. The second-order valence-corrected chi connectivity index (χ2v) is 12.4. The summed E-state index contributed by atoms with van der Waals surface area (Å²) in [5.74, 6) is -0.0523. The van der Waals surface area contributed by atoms with Gasteiger partial charge in [0.1, 0.15) is 0 Å². The molecule has 0 aromatic heterocycles. The lowest BCUT2D eigenvalue weighted by molar-refractivity contribution is -0.142. The van der Waals surface area contributed by atoms with Crippen molar-refractivity contribution in [3.63, 3.8) is 0 Å². The largest absolute Gasteiger partial charge is 0.469 e. The molecule has 0 amide bonds. The standard InChI is InChI=1S/C28H44F3NO2/c1-26(2,3)15-12-23(13-16-27(4,5)6)32-17-14-20(19-25(33)34-7)18-24(32)21-8-10-22(11-9-21)28(29,30)31/h8-11,20,23-24H,12-19H2,1-7H3/t20-,24+/m1/s1. The van der Waals surface area contributed by atoms with Gasteiger partial charge in [0.15, 0.2) is 0 Å². The Hall–Kier alpha value is -1.56. The van der Waals surface area contributed by atoms with Crippen molar-refractivity contribution in [1.82, 2.24) is 4.90 Å². The summed E-state index contributed by atoms with van der Waals surface area (Å²) in [5.41, 5.74) is 0.709. The number of halogens is 3. The minimum Gasteiger partial charge on any atom is -0.469 e. The van der Waals surface area contributed by atoms with Gasteiger partial charge in [0.25, 0.3) is 0 Å². The Morgan fingerprint density at radius 3 is 1.97 bits per heavy atom. The predicted octanol–water partition coefficient (Wildman–Crippen LogP) is 8.04. The number of piperidine rings is 1. The second kappa shape index (κ2) is 11.5. The zero-order valence-electron chi connectivity index (χ0n) is 22.1. The van der Waals surface area contributed by atoms with E-state index in [2.05, 4.69) is 46.4 Å². The normalized spacial score (nSPS) is 20.6. The zero-order valence-corrected chi connectivity index (χ0v) is 22.1. The van der Waals surface area contributed by atoms with Gasteiger partial charge >= 0.3 is 12.1 Å². The lowest BCUT2D eigenvalue weighted by Gasteiger charge is -2.45. The number of methoxy groups -OCH3 is 1. The van der Waals surface area contributed by atoms with Crippen molar-refractivity contribution in [2.75, 3.05) is 13.7 Å². The van der Waals surface area contributed by atoms with Crippen LogP contribution in [-0.4, -0.2) is 30.6 Å². The van der Waals surface area contributed by atoms with Gasteiger partial charge in [-0.05, 0) is 79.5 Å². The topological polar surface area (TPSA) is 29.5 Å². The van der Waals surface area contributed by atoms with E-state index >= 15 is 0 Å². The summed E-state index contributed by atoms with van der Waals surface area (Å²) in [6.07, 6.45) is 1.94. The molecule has 2 atom stereocenters. The van der Waals surface area contributed by atoms with Gasteiger partial charge in [0.05, 0.1) is 12.7 Å². The smallest absolute Gasteiger partial charge is 0.416 e. The Kier molecular flexibility index (Phi) is 9.66. The molecule has 2 rings (SSSR count). The van der Waals surface area contributed by atoms with Crippen LogP contribution in [0.1, 0.15) is 104 Å². The van der Waals surface area contributed by atoms with E-state index in [0.29, 0.717) is 12.5 Å². The highest BCUT2D eigenvalue weighted by Gasteiger charge is 2.36. The van der Waals surface area contributed by atoms with Crippen molar-refractivity contribution in [2.24, 2.45) is 16.7 Å². The number of likely N-dealkylation sites (tertiary alicyclic amines) is 1. The van der Waals surface area contributed by atoms with E-state index in [0.717, 1.165) is 50.6 Å². The molecular formula is C28H44F3NO2. The van der Waals surface area contributed by atoms with Crippen molar-refractivity contribution >= 4 is 5.97 Å². The Morgan fingerprint density at radius 1 is 1.00 bits per heavy atom. The third kappa shape index (κ3) is 9.24. The predicted molar refractivity (Wildman–Crippen MR) is 131 cm³/mol. The molecule has 1 saturated heterocycles. The van der Waals surface area contributed by atoms with Crippen LogP contribution in [0.2, 0.25) is 0 Å². The Balaban J connectivity index is 2.35. The van der Waals surface area contributed by atoms with E-state index in [1.807, 2.05) is 0 Å². The van der Waals surface area contributed by atoms with Gasteiger partial charge < -0.3 is 4.74 Å². The van der Waals surface area contributed by atoms with Crippen LogP contribution in [0.25, 0.3) is 0 Å². The highest BCUT2D eigenvalue weighted by Crippen LogP contribution is 2.41. The molecule has 6 heteroatoms. The molecule has 0 unspecified atom stereocenters. The molecule has 194 valence electrons. The van der Waals surface area contributed by atoms with E-state index in [4.69, 9.17) is 4.74 Å². The first-order valence-corrected chi connectivity index (χ1v) is 12.6. The summed E-state index contributed by atoms with van der Waals surface area (Å²) in [6, 6.07) is 5.99. The summed E-state index contributed by atoms with van der Waals surface area (Å²) in [4.78, 5) is 14.5. The molecule has 1 aliphatic rings. The van der Waals surface area contributed by atoms with Crippen LogP contribution in [0.4, 0.5) is 13.2 Å². The third-order valence-electron chi connectivity index (χ3n) is 6.98. The quantitative estimate of drug-likeness (QED) is 0.350. The number of hydrogen-bond donors (Lipinski definition) is 0. The number of carbonyl (C=O) groups excluding carboxylic acids is 1. The maximum atomic E-state index is 13.2. The molecule has 0 saturated carbocycles. The number of carbonyl (C=O) groups is 1. The van der Waals surface area contributed by atoms with Crippen LogP contribution in [0.15, 0.2) is 24.3 Å². The van der Waals surface area contributed by atoms with E-state index in [-0.39, 0.29) is 28.8 Å². The average molecular weight is 484 g/mol. The molecule has 0 spiro atoms. The van der Waals surface area contributed by atoms with Gasteiger partial charge in [-0.1, -0.05) is 53.7 Å². The van der Waals surface area contributed by atoms with E-state index < -0.39 is 11.7 Å². The average Bonchev–Trinajstić information content (AvgIpc) is 2.72. The van der Waals surface area contributed by atoms with Gasteiger partial charge in [0.2, 0.25) is 0 Å². The number of ether oxygens (including phenoxy) is 1. The van der Waals surface area contributed by atoms with Gasteiger partial charge in [-0.25, -0.2) is 0 Å². The van der Waals surface area contributed by atoms with Gasteiger partial charge in [-0.15, -0.1) is 0 Å². The number of rotatable bonds is 8. The summed E-state index contributed by atoms with van der Waals surface area (Å²) in [5, 5.41) is 0. The van der Waals surface area contributed by atoms with E-state index in [1.165, 1.54) is 19.2 Å². The maximum absolute atomic E-state index is 13.2. The van der Waals surface area contributed by atoms with Gasteiger partial charge in [-0.2, -0.15) is 13.2 Å². The van der Waals surface area contributed by atoms with Crippen molar-refractivity contribution in [2.45, 2.75) is 105 Å². The number of alkyl halides is 3. The molecule has 34 heavy (non-hydrogen) atoms. The molecule has 1 heterocycles. The van der Waals surface area contributed by atoms with Crippen LogP contribution in [-0.2, 0) is 15.7 Å². The number of benzene rings is 1. The molecule has 0 N–H and O–H groups in total. The Morgan fingerprint density at radius 2 is 1.53 bits per heavy atom. The first-order chi connectivity index (χ1) is 15.6. The fraction of sp³-hybridized carbons (Fsp3) is 0.750. The Bertz CT molecular complexity index is 757. The molecule has 0 radical (unpaired) electrons. The number of nitrogens with zero attached hydrogens (tertiary/aromatic N) is 1. The lowest BCUT2D eigenvalue weighted by atomic mass is 9.80. The van der Waals surface area contributed by atoms with Crippen LogP contribution >= 0.6 is 0 Å². The molecule has 0 bridgehead atoms. The zero-order chi connectivity index (χ0) is 25.7. The van der Waals surface area contributed by atoms with Crippen molar-refractivity contribution in [3.8, 4) is 0 Å². The molecule has 1 aliphatic heterocycles. The van der Waals surface area contributed by atoms with E-state index in [9.17, 15) is 18.0 Å². The minimum atomic E-state index is -4.35. The molecule has 0 aliphatic carbocycles. The fourth-order valence-electron chi connectivity index (χ4n) is 4.89. The number of esters is 1. The molecular weight excluding hydrogens is 439 g/mol. The van der Waals surface area contributed by atoms with E-state index in [1.54, 1.807) is 12.1 Å². The fourth-order valence-corrected chi connectivity index (χ4v) is 4.89. The Labute approximate surface area is 204 Å². The van der Waals surface area contributed by atoms with Crippen molar-refractivity contribution < 1.29 is 22.7 Å². The first-order valence-electron chi connectivity index (χ1n) is 12.6. The van der Waals surface area contributed by atoms with Crippen molar-refractivity contribution in [1.29, 1.82) is 0 Å². The summed E-state index contributed by atoms with van der Waals surface area (Å²) in [7, 11) is 1.40. The first kappa shape index (κ1) is 28.7. The highest BCUT2D eigenvalue weighted by molar-refractivity contribution is 5.69. The van der Waals surface area contributed by atoms with Gasteiger partial charge in [-0.3, -0.25) is 9.69 Å². The molecule has 1 fully saturated rings. The van der Waals surface area contributed by atoms with Crippen LogP contribution in [0.3, 0.4) is 0 Å². The van der Waals surface area contributed by atoms with Crippen LogP contribution < -0.4 is 0 Å². The SMILES string of the molecule is COC(=O)C[C@@H]1CCN(C(CCC(C)(C)C)CCC(C)(C)C)[C@H](c2ccc(C(F)(F)F)cc2)C1. The maximum Gasteiger partial charge on any atom is 0.416 e. The highest BCUT2D eigenvalue weighted by atomic mass is 19.4. The second-order valence-electron chi connectivity index (χ2n) is 12.4. The number of hydrogen-bond acceptors (Lipinski definition) is 3. The summed E-state index contributed by atoms with van der Waals surface area (Å²) < 4.78 is 44.4. The minimum absolute atomic E-state index is 0.00405. The summed E-state index contributed by atoms with van der Waals surface area (Å²) in [6.45, 7) is 14.4. The molecule has 1 aromatic rings. The van der Waals surface area contributed by atoms with Crippen molar-refractivity contribution in [3.05, 3.63) is 35.4 Å².